The SMILES string of the molecule is O=C(NCCn1nc(-c2ccc(Cl)cc2)ccc1=O)C(F)(F)F. The van der Waals surface area contributed by atoms with Crippen molar-refractivity contribution in [2.75, 3.05) is 6.54 Å². The van der Waals surface area contributed by atoms with E-state index < -0.39 is 17.6 Å². The number of alkyl halides is 3. The van der Waals surface area contributed by atoms with Gasteiger partial charge in [-0.2, -0.15) is 18.3 Å². The molecule has 1 heterocycles. The Morgan fingerprint density at radius 2 is 1.83 bits per heavy atom. The molecular formula is C14H11ClF3N3O2. The minimum Gasteiger partial charge on any atom is -0.346 e. The second-order valence-electron chi connectivity index (χ2n) is 4.54. The third-order valence-corrected chi connectivity index (χ3v) is 3.13. The molecule has 1 amide bonds. The first-order chi connectivity index (χ1) is 10.8. The number of carbonyl (C=O) groups excluding carboxylic acids is 1. The largest absolute Gasteiger partial charge is 0.471 e. The normalized spacial score (nSPS) is 11.3. The van der Waals surface area contributed by atoms with E-state index in [0.717, 1.165) is 4.68 Å². The number of nitrogens with one attached hydrogen (secondary N) is 1. The smallest absolute Gasteiger partial charge is 0.346 e. The van der Waals surface area contributed by atoms with Crippen LogP contribution in [0.25, 0.3) is 11.3 Å². The summed E-state index contributed by atoms with van der Waals surface area (Å²) < 4.78 is 37.2. The van der Waals surface area contributed by atoms with Gasteiger partial charge in [0.15, 0.2) is 0 Å². The van der Waals surface area contributed by atoms with Crippen molar-refractivity contribution in [1.29, 1.82) is 0 Å². The van der Waals surface area contributed by atoms with Gasteiger partial charge in [-0.3, -0.25) is 9.59 Å². The molecule has 0 aliphatic rings. The van der Waals surface area contributed by atoms with Gasteiger partial charge in [-0.05, 0) is 18.2 Å². The van der Waals surface area contributed by atoms with Crippen LogP contribution in [-0.4, -0.2) is 28.4 Å². The Labute approximate surface area is 133 Å². The summed E-state index contributed by atoms with van der Waals surface area (Å²) in [6, 6.07) is 9.45. The van der Waals surface area contributed by atoms with Crippen molar-refractivity contribution >= 4 is 17.5 Å². The Morgan fingerprint density at radius 1 is 1.17 bits per heavy atom. The van der Waals surface area contributed by atoms with Gasteiger partial charge in [-0.25, -0.2) is 4.68 Å². The maximum Gasteiger partial charge on any atom is 0.471 e. The van der Waals surface area contributed by atoms with Crippen LogP contribution in [0.3, 0.4) is 0 Å². The van der Waals surface area contributed by atoms with Gasteiger partial charge in [0, 0.05) is 23.2 Å². The molecule has 2 rings (SSSR count). The third kappa shape index (κ3) is 4.56. The van der Waals surface area contributed by atoms with Crippen molar-refractivity contribution in [1.82, 2.24) is 15.1 Å². The van der Waals surface area contributed by atoms with Crippen molar-refractivity contribution in [3.05, 3.63) is 51.8 Å². The van der Waals surface area contributed by atoms with Crippen LogP contribution in [0.2, 0.25) is 5.02 Å². The van der Waals surface area contributed by atoms with E-state index in [0.29, 0.717) is 16.3 Å². The molecule has 0 spiro atoms. The number of aromatic nitrogens is 2. The standard InChI is InChI=1S/C14H11ClF3N3O2/c15-10-3-1-9(2-4-10)11-5-6-12(22)21(20-11)8-7-19-13(23)14(16,17)18/h1-6H,7-8H2,(H,19,23). The van der Waals surface area contributed by atoms with Crippen molar-refractivity contribution in [3.63, 3.8) is 0 Å². The van der Waals surface area contributed by atoms with Gasteiger partial charge in [-0.15, -0.1) is 0 Å². The molecule has 122 valence electrons. The van der Waals surface area contributed by atoms with Crippen LogP contribution in [0.15, 0.2) is 41.2 Å². The van der Waals surface area contributed by atoms with Gasteiger partial charge in [0.05, 0.1) is 12.2 Å². The quantitative estimate of drug-likeness (QED) is 0.924. The average molecular weight is 346 g/mol. The molecule has 0 aliphatic heterocycles. The number of halogens is 4. The second-order valence-corrected chi connectivity index (χ2v) is 4.98. The molecule has 0 fully saturated rings. The molecule has 1 N–H and O–H groups in total. The number of hydrogen-bond acceptors (Lipinski definition) is 3. The summed E-state index contributed by atoms with van der Waals surface area (Å²) in [5.74, 6) is -2.06. The molecule has 1 aromatic carbocycles. The molecule has 1 aromatic heterocycles. The highest BCUT2D eigenvalue weighted by molar-refractivity contribution is 6.30. The van der Waals surface area contributed by atoms with Crippen LogP contribution in [-0.2, 0) is 11.3 Å². The van der Waals surface area contributed by atoms with Crippen molar-refractivity contribution in [2.45, 2.75) is 12.7 Å². The highest BCUT2D eigenvalue weighted by atomic mass is 35.5. The summed E-state index contributed by atoms with van der Waals surface area (Å²) >= 11 is 5.78. The van der Waals surface area contributed by atoms with E-state index in [2.05, 4.69) is 5.10 Å². The topological polar surface area (TPSA) is 64.0 Å². The van der Waals surface area contributed by atoms with E-state index in [-0.39, 0.29) is 13.1 Å². The van der Waals surface area contributed by atoms with E-state index >= 15 is 0 Å². The summed E-state index contributed by atoms with van der Waals surface area (Å²) in [6.07, 6.45) is -4.95. The van der Waals surface area contributed by atoms with Crippen LogP contribution in [0, 0.1) is 0 Å². The van der Waals surface area contributed by atoms with Crippen LogP contribution in [0.4, 0.5) is 13.2 Å². The Morgan fingerprint density at radius 3 is 2.43 bits per heavy atom. The predicted octanol–water partition coefficient (Wildman–Crippen LogP) is 2.24. The molecule has 0 atom stereocenters. The fourth-order valence-corrected chi connectivity index (χ4v) is 1.89. The zero-order valence-electron chi connectivity index (χ0n) is 11.6. The van der Waals surface area contributed by atoms with Gasteiger partial charge in [0.1, 0.15) is 0 Å². The minimum absolute atomic E-state index is 0.178. The maximum absolute atomic E-state index is 12.1. The van der Waals surface area contributed by atoms with Gasteiger partial charge >= 0.3 is 12.1 Å². The Bertz CT molecular complexity index is 757. The Hall–Kier alpha value is -2.35. The van der Waals surface area contributed by atoms with Crippen LogP contribution < -0.4 is 10.9 Å². The van der Waals surface area contributed by atoms with E-state index in [1.54, 1.807) is 29.6 Å². The highest BCUT2D eigenvalue weighted by Crippen LogP contribution is 2.18. The maximum atomic E-state index is 12.1. The summed E-state index contributed by atoms with van der Waals surface area (Å²) in [5, 5.41) is 6.28. The molecule has 0 bridgehead atoms. The van der Waals surface area contributed by atoms with E-state index in [9.17, 15) is 22.8 Å². The second kappa shape index (κ2) is 6.82. The summed E-state index contributed by atoms with van der Waals surface area (Å²) in [6.45, 7) is -0.544. The van der Waals surface area contributed by atoms with E-state index in [1.165, 1.54) is 12.1 Å². The number of nitrogens with zero attached hydrogens (tertiary/aromatic N) is 2. The van der Waals surface area contributed by atoms with Gasteiger partial charge < -0.3 is 5.32 Å². The molecule has 23 heavy (non-hydrogen) atoms. The van der Waals surface area contributed by atoms with Crippen LogP contribution >= 0.6 is 11.6 Å². The van der Waals surface area contributed by atoms with Crippen molar-refractivity contribution < 1.29 is 18.0 Å². The first-order valence-electron chi connectivity index (χ1n) is 6.46. The molecule has 9 heteroatoms. The molecule has 0 saturated heterocycles. The third-order valence-electron chi connectivity index (χ3n) is 2.87. The number of amides is 1. The minimum atomic E-state index is -4.95. The lowest BCUT2D eigenvalue weighted by Crippen LogP contribution is -2.39. The lowest BCUT2D eigenvalue weighted by molar-refractivity contribution is -0.173. The van der Waals surface area contributed by atoms with Gasteiger partial charge in [-0.1, -0.05) is 23.7 Å². The van der Waals surface area contributed by atoms with Crippen LogP contribution in [0.5, 0.6) is 0 Å². The molecular weight excluding hydrogens is 335 g/mol. The predicted molar refractivity (Wildman–Crippen MR) is 78.0 cm³/mol. The molecule has 5 nitrogen and oxygen atoms in total. The summed E-state index contributed by atoms with van der Waals surface area (Å²) in [4.78, 5) is 22.4. The van der Waals surface area contributed by atoms with Crippen molar-refractivity contribution in [3.8, 4) is 11.3 Å². The first kappa shape index (κ1) is 17.0. The number of carbonyl (C=O) groups is 1. The van der Waals surface area contributed by atoms with Gasteiger partial charge in [0.2, 0.25) is 0 Å². The van der Waals surface area contributed by atoms with Crippen LogP contribution in [0.1, 0.15) is 0 Å². The number of benzene rings is 1. The molecule has 0 radical (unpaired) electrons. The zero-order chi connectivity index (χ0) is 17.0. The number of hydrogen-bond donors (Lipinski definition) is 1. The number of rotatable bonds is 4. The zero-order valence-corrected chi connectivity index (χ0v) is 12.4. The molecule has 2 aromatic rings. The lowest BCUT2D eigenvalue weighted by atomic mass is 10.1. The molecule has 0 saturated carbocycles. The highest BCUT2D eigenvalue weighted by Gasteiger charge is 2.38. The van der Waals surface area contributed by atoms with E-state index in [1.807, 2.05) is 0 Å². The average Bonchev–Trinajstić information content (AvgIpc) is 2.49. The first-order valence-corrected chi connectivity index (χ1v) is 6.84. The fourth-order valence-electron chi connectivity index (χ4n) is 1.76. The molecule has 0 unspecified atom stereocenters. The fraction of sp³-hybridized carbons (Fsp3) is 0.214. The lowest BCUT2D eigenvalue weighted by Gasteiger charge is -2.09. The Kier molecular flexibility index (Phi) is 5.05. The summed E-state index contributed by atoms with van der Waals surface area (Å²) in [7, 11) is 0. The Balaban J connectivity index is 2.11. The van der Waals surface area contributed by atoms with E-state index in [4.69, 9.17) is 11.6 Å². The summed E-state index contributed by atoms with van der Waals surface area (Å²) in [5.41, 5.74) is 0.676. The monoisotopic (exact) mass is 345 g/mol. The molecule has 0 aliphatic carbocycles. The van der Waals surface area contributed by atoms with Crippen molar-refractivity contribution in [2.24, 2.45) is 0 Å². The van der Waals surface area contributed by atoms with Gasteiger partial charge in [0.25, 0.3) is 5.56 Å².